The van der Waals surface area contributed by atoms with Crippen LogP contribution in [-0.2, 0) is 31.2 Å². The maximum absolute atomic E-state index is 15.4. The molecule has 2 aromatic carbocycles. The first kappa shape index (κ1) is 25.1. The zero-order valence-electron chi connectivity index (χ0n) is 19.4. The molecule has 190 valence electrons. The van der Waals surface area contributed by atoms with Crippen LogP contribution >= 0.6 is 11.6 Å². The summed E-state index contributed by atoms with van der Waals surface area (Å²) in [7, 11) is -3.84. The van der Waals surface area contributed by atoms with Crippen molar-refractivity contribution in [3.05, 3.63) is 87.3 Å². The molecule has 0 unspecified atom stereocenters. The van der Waals surface area contributed by atoms with Crippen molar-refractivity contribution in [1.29, 1.82) is 0 Å². The maximum Gasteiger partial charge on any atom is 0.181 e. The number of halogens is 3. The number of carbonyl (C=O) groups is 1. The average Bonchev–Trinajstić information content (AvgIpc) is 2.86. The Kier molecular flexibility index (Phi) is 6.78. The molecule has 0 radical (unpaired) electrons. The van der Waals surface area contributed by atoms with Crippen molar-refractivity contribution < 1.29 is 31.5 Å². The Labute approximate surface area is 213 Å². The molecule has 1 aliphatic carbocycles. The van der Waals surface area contributed by atoms with Crippen LogP contribution in [0.3, 0.4) is 0 Å². The number of Topliss-reactive ketones (excluding diaryl/α,β-unsaturated/α-hetero) is 1. The third kappa shape index (κ3) is 4.51. The van der Waals surface area contributed by atoms with Gasteiger partial charge in [0.25, 0.3) is 0 Å². The fraction of sp³-hybridized carbons (Fsp3) is 0.370. The number of rotatable bonds is 6. The molecule has 36 heavy (non-hydrogen) atoms. The van der Waals surface area contributed by atoms with E-state index in [1.807, 2.05) is 12.1 Å². The molecule has 0 aromatic heterocycles. The lowest BCUT2D eigenvalue weighted by Gasteiger charge is -2.51. The van der Waals surface area contributed by atoms with E-state index < -0.39 is 44.7 Å². The van der Waals surface area contributed by atoms with Crippen molar-refractivity contribution >= 4 is 27.2 Å². The van der Waals surface area contributed by atoms with Crippen molar-refractivity contribution in [2.24, 2.45) is 5.92 Å². The number of ketones is 1. The summed E-state index contributed by atoms with van der Waals surface area (Å²) in [5.41, 5.74) is 0.183. The van der Waals surface area contributed by atoms with E-state index in [2.05, 4.69) is 0 Å². The molecule has 0 N–H and O–H groups in total. The van der Waals surface area contributed by atoms with Crippen molar-refractivity contribution in [1.82, 2.24) is 0 Å². The molecule has 5 rings (SSSR count). The molecular weight excluding hydrogens is 510 g/mol. The Morgan fingerprint density at radius 2 is 1.83 bits per heavy atom. The van der Waals surface area contributed by atoms with Crippen LogP contribution in [0, 0.1) is 17.6 Å². The molecule has 0 saturated carbocycles. The Morgan fingerprint density at radius 1 is 1.08 bits per heavy atom. The first-order valence-electron chi connectivity index (χ1n) is 11.8. The van der Waals surface area contributed by atoms with E-state index >= 15 is 4.39 Å². The number of carbonyl (C=O) groups excluding carboxylic acids is 1. The van der Waals surface area contributed by atoms with Gasteiger partial charge >= 0.3 is 0 Å². The lowest BCUT2D eigenvalue weighted by molar-refractivity contribution is -0.114. The van der Waals surface area contributed by atoms with Crippen LogP contribution in [0.25, 0.3) is 0 Å². The number of benzene rings is 2. The minimum Gasteiger partial charge on any atom is -0.490 e. The van der Waals surface area contributed by atoms with Gasteiger partial charge in [-0.3, -0.25) is 4.79 Å². The van der Waals surface area contributed by atoms with Gasteiger partial charge in [0.15, 0.2) is 27.2 Å². The van der Waals surface area contributed by atoms with Crippen molar-refractivity contribution in [3.63, 3.8) is 0 Å². The number of allylic oxidation sites excluding steroid dienone is 4. The third-order valence-electron chi connectivity index (χ3n) is 7.40. The summed E-state index contributed by atoms with van der Waals surface area (Å²) >= 11 is 6.06. The van der Waals surface area contributed by atoms with Crippen LogP contribution < -0.4 is 4.74 Å². The number of hydrogen-bond donors (Lipinski definition) is 0. The molecule has 2 aromatic rings. The molecule has 0 spiro atoms. The van der Waals surface area contributed by atoms with Gasteiger partial charge in [0.05, 0.1) is 18.5 Å². The van der Waals surface area contributed by atoms with Crippen LogP contribution in [0.1, 0.15) is 30.4 Å². The van der Waals surface area contributed by atoms with Gasteiger partial charge < -0.3 is 9.47 Å². The molecule has 2 aliphatic heterocycles. The van der Waals surface area contributed by atoms with E-state index in [9.17, 15) is 17.6 Å². The Hall–Kier alpha value is -2.55. The molecule has 5 nitrogen and oxygen atoms in total. The third-order valence-corrected chi connectivity index (χ3v) is 9.46. The number of fused-ring (bicyclic) bond motifs is 3. The van der Waals surface area contributed by atoms with Gasteiger partial charge in [-0.25, -0.2) is 17.2 Å². The molecule has 2 heterocycles. The summed E-state index contributed by atoms with van der Waals surface area (Å²) in [5, 5.41) is 0.564. The molecular formula is C27H25ClF2O5S. The van der Waals surface area contributed by atoms with Crippen molar-refractivity contribution in [3.8, 4) is 5.75 Å². The first-order chi connectivity index (χ1) is 17.2. The summed E-state index contributed by atoms with van der Waals surface area (Å²) in [6.07, 6.45) is 4.85. The van der Waals surface area contributed by atoms with E-state index in [-0.39, 0.29) is 48.0 Å². The highest BCUT2D eigenvalue weighted by atomic mass is 35.5. The highest BCUT2D eigenvalue weighted by Crippen LogP contribution is 2.52. The average molecular weight is 535 g/mol. The first-order valence-corrected chi connectivity index (χ1v) is 13.8. The number of sulfone groups is 1. The molecule has 9 heteroatoms. The van der Waals surface area contributed by atoms with Crippen LogP contribution in [0.5, 0.6) is 5.75 Å². The van der Waals surface area contributed by atoms with E-state index in [1.165, 1.54) is 6.08 Å². The summed E-state index contributed by atoms with van der Waals surface area (Å²) in [4.78, 5) is 12.0. The van der Waals surface area contributed by atoms with Crippen molar-refractivity contribution in [2.45, 2.75) is 37.2 Å². The number of ether oxygens (including phenoxy) is 2. The highest BCUT2D eigenvalue weighted by molar-refractivity contribution is 7.96. The van der Waals surface area contributed by atoms with Gasteiger partial charge in [0.2, 0.25) is 0 Å². The summed E-state index contributed by atoms with van der Waals surface area (Å²) < 4.78 is 67.8. The maximum atomic E-state index is 15.4. The minimum absolute atomic E-state index is 0.0489. The number of hydrogen-bond acceptors (Lipinski definition) is 5. The SMILES string of the molecule is O=C1CC=CC=C1S(=O)(=O)CC[C@@H]1OCC[C@@]2(Cc3ccc(Cl)cc3)c3c(F)ccc(F)c3OC[C@@H]12. The lowest BCUT2D eigenvalue weighted by Crippen LogP contribution is -2.55. The van der Waals surface area contributed by atoms with Gasteiger partial charge in [0, 0.05) is 34.9 Å². The molecule has 0 bridgehead atoms. The molecule has 0 amide bonds. The van der Waals surface area contributed by atoms with Gasteiger partial charge in [-0.1, -0.05) is 35.9 Å². The smallest absolute Gasteiger partial charge is 0.181 e. The highest BCUT2D eigenvalue weighted by Gasteiger charge is 2.53. The topological polar surface area (TPSA) is 69.7 Å². The molecule has 3 atom stereocenters. The predicted octanol–water partition coefficient (Wildman–Crippen LogP) is 5.11. The van der Waals surface area contributed by atoms with Crippen LogP contribution in [0.15, 0.2) is 59.5 Å². The second kappa shape index (κ2) is 9.72. The predicted molar refractivity (Wildman–Crippen MR) is 132 cm³/mol. The van der Waals surface area contributed by atoms with Gasteiger partial charge in [-0.05, 0) is 55.2 Å². The van der Waals surface area contributed by atoms with E-state index in [0.717, 1.165) is 17.7 Å². The second-order valence-electron chi connectivity index (χ2n) is 9.46. The Bertz CT molecular complexity index is 1350. The van der Waals surface area contributed by atoms with E-state index in [4.69, 9.17) is 21.1 Å². The van der Waals surface area contributed by atoms with Crippen LogP contribution in [-0.4, -0.2) is 39.3 Å². The Balaban J connectivity index is 1.50. The quantitative estimate of drug-likeness (QED) is 0.515. The molecule has 1 fully saturated rings. The fourth-order valence-electron chi connectivity index (χ4n) is 5.68. The lowest BCUT2D eigenvalue weighted by atomic mass is 9.60. The van der Waals surface area contributed by atoms with Crippen LogP contribution in [0.4, 0.5) is 8.78 Å². The van der Waals surface area contributed by atoms with E-state index in [1.54, 1.807) is 24.3 Å². The van der Waals surface area contributed by atoms with Gasteiger partial charge in [-0.15, -0.1) is 0 Å². The van der Waals surface area contributed by atoms with Crippen LogP contribution in [0.2, 0.25) is 5.02 Å². The summed E-state index contributed by atoms with van der Waals surface area (Å²) in [6, 6.07) is 9.35. The standard InChI is InChI=1S/C27H25ClF2O5S/c28-18-7-5-17(6-8-18)15-27-12-13-34-23(11-14-36(32,33)24-4-2-1-3-22(24)31)19(27)16-35-26-21(30)10-9-20(29)25(26)27/h1-2,4-10,19,23H,3,11-16H2/t19-,23-,27-/m0/s1. The van der Waals surface area contributed by atoms with Gasteiger partial charge in [-0.2, -0.15) is 0 Å². The molecule has 3 aliphatic rings. The largest absolute Gasteiger partial charge is 0.490 e. The van der Waals surface area contributed by atoms with Crippen molar-refractivity contribution in [2.75, 3.05) is 19.0 Å². The minimum atomic E-state index is -3.84. The molecule has 1 saturated heterocycles. The monoisotopic (exact) mass is 534 g/mol. The zero-order valence-corrected chi connectivity index (χ0v) is 21.0. The normalized spacial score (nSPS) is 25.5. The summed E-state index contributed by atoms with van der Waals surface area (Å²) in [6.45, 7) is 0.296. The van der Waals surface area contributed by atoms with E-state index in [0.29, 0.717) is 17.9 Å². The Morgan fingerprint density at radius 3 is 2.58 bits per heavy atom. The van der Waals surface area contributed by atoms with Gasteiger partial charge in [0.1, 0.15) is 10.7 Å². The second-order valence-corrected chi connectivity index (χ2v) is 12.0. The summed E-state index contributed by atoms with van der Waals surface area (Å²) in [5.74, 6) is -2.47. The zero-order chi connectivity index (χ0) is 25.5. The fourth-order valence-corrected chi connectivity index (χ4v) is 7.28.